The highest BCUT2D eigenvalue weighted by Crippen LogP contribution is 2.21. The van der Waals surface area contributed by atoms with Crippen LogP contribution in [0, 0.1) is 17.2 Å². The molecular formula is C14H18N4. The van der Waals surface area contributed by atoms with Gasteiger partial charge in [-0.05, 0) is 24.6 Å². The number of aryl methyl sites for hydroxylation is 1. The van der Waals surface area contributed by atoms with E-state index in [2.05, 4.69) is 34.2 Å². The summed E-state index contributed by atoms with van der Waals surface area (Å²) in [5, 5.41) is 9.00. The largest absolute Gasteiger partial charge is 0.373 e. The summed E-state index contributed by atoms with van der Waals surface area (Å²) in [6.45, 7) is 2.80. The smallest absolute Gasteiger partial charge is 0.0955 e. The first-order chi connectivity index (χ1) is 8.65. The van der Waals surface area contributed by atoms with Gasteiger partial charge in [0.2, 0.25) is 0 Å². The molecule has 1 atom stereocenters. The molecule has 0 amide bonds. The zero-order valence-corrected chi connectivity index (χ0v) is 11.1. The molecular weight excluding hydrogens is 224 g/mol. The van der Waals surface area contributed by atoms with Crippen LogP contribution in [-0.2, 0) is 7.05 Å². The monoisotopic (exact) mass is 242 g/mol. The number of hydrogen-bond acceptors (Lipinski definition) is 3. The van der Waals surface area contributed by atoms with Gasteiger partial charge in [-0.25, -0.2) is 4.98 Å². The minimum absolute atomic E-state index is 0.0782. The third-order valence-electron chi connectivity index (χ3n) is 3.32. The van der Waals surface area contributed by atoms with Crippen molar-refractivity contribution >= 4 is 16.7 Å². The SMILES string of the molecule is CCC(C#N)CN(C)c1ccc2c(c1)ncn2C. The Hall–Kier alpha value is -2.02. The van der Waals surface area contributed by atoms with E-state index >= 15 is 0 Å². The van der Waals surface area contributed by atoms with Crippen LogP contribution in [0.1, 0.15) is 13.3 Å². The van der Waals surface area contributed by atoms with Crippen LogP contribution in [-0.4, -0.2) is 23.1 Å². The maximum atomic E-state index is 9.00. The number of nitrogens with zero attached hydrogens (tertiary/aromatic N) is 4. The van der Waals surface area contributed by atoms with Gasteiger partial charge in [-0.3, -0.25) is 0 Å². The van der Waals surface area contributed by atoms with Gasteiger partial charge in [-0.2, -0.15) is 5.26 Å². The summed E-state index contributed by atoms with van der Waals surface area (Å²) in [5.74, 6) is 0.0782. The Balaban J connectivity index is 2.23. The quantitative estimate of drug-likeness (QED) is 0.827. The van der Waals surface area contributed by atoms with Gasteiger partial charge in [-0.1, -0.05) is 6.92 Å². The fourth-order valence-corrected chi connectivity index (χ4v) is 2.06. The van der Waals surface area contributed by atoms with Crippen LogP contribution >= 0.6 is 0 Å². The van der Waals surface area contributed by atoms with Crippen molar-refractivity contribution in [3.8, 4) is 6.07 Å². The maximum absolute atomic E-state index is 9.00. The van der Waals surface area contributed by atoms with Crippen LogP contribution in [0.5, 0.6) is 0 Å². The second-order valence-electron chi connectivity index (χ2n) is 4.64. The fourth-order valence-electron chi connectivity index (χ4n) is 2.06. The van der Waals surface area contributed by atoms with Crippen LogP contribution in [0.4, 0.5) is 5.69 Å². The highest BCUT2D eigenvalue weighted by molar-refractivity contribution is 5.79. The molecule has 0 aliphatic heterocycles. The number of rotatable bonds is 4. The number of anilines is 1. The molecule has 0 aliphatic rings. The summed E-state index contributed by atoms with van der Waals surface area (Å²) in [6.07, 6.45) is 2.70. The molecule has 2 rings (SSSR count). The van der Waals surface area contributed by atoms with Crippen molar-refractivity contribution in [2.24, 2.45) is 13.0 Å². The highest BCUT2D eigenvalue weighted by atomic mass is 15.1. The van der Waals surface area contributed by atoms with Crippen LogP contribution < -0.4 is 4.90 Å². The molecule has 0 saturated heterocycles. The van der Waals surface area contributed by atoms with E-state index < -0.39 is 0 Å². The molecule has 1 aromatic heterocycles. The normalized spacial score (nSPS) is 12.3. The molecule has 4 nitrogen and oxygen atoms in total. The van der Waals surface area contributed by atoms with Gasteiger partial charge >= 0.3 is 0 Å². The Morgan fingerprint density at radius 1 is 1.50 bits per heavy atom. The molecule has 4 heteroatoms. The number of benzene rings is 1. The summed E-state index contributed by atoms with van der Waals surface area (Å²) in [5.41, 5.74) is 3.22. The van der Waals surface area contributed by atoms with Crippen LogP contribution in [0.2, 0.25) is 0 Å². The topological polar surface area (TPSA) is 44.9 Å². The fraction of sp³-hybridized carbons (Fsp3) is 0.429. The van der Waals surface area contributed by atoms with Crippen LogP contribution in [0.3, 0.4) is 0 Å². The Labute approximate surface area is 107 Å². The second kappa shape index (κ2) is 5.09. The average Bonchev–Trinajstić information content (AvgIpc) is 2.77. The predicted octanol–water partition coefficient (Wildman–Crippen LogP) is 2.56. The van der Waals surface area contributed by atoms with Crippen molar-refractivity contribution in [3.05, 3.63) is 24.5 Å². The third kappa shape index (κ3) is 2.30. The van der Waals surface area contributed by atoms with E-state index in [0.717, 1.165) is 29.7 Å². The molecule has 18 heavy (non-hydrogen) atoms. The molecule has 1 heterocycles. The molecule has 2 aromatic rings. The summed E-state index contributed by atoms with van der Waals surface area (Å²) in [7, 11) is 4.01. The van der Waals surface area contributed by atoms with E-state index in [1.165, 1.54) is 0 Å². The number of imidazole rings is 1. The van der Waals surface area contributed by atoms with Crippen molar-refractivity contribution < 1.29 is 0 Å². The minimum atomic E-state index is 0.0782. The minimum Gasteiger partial charge on any atom is -0.373 e. The van der Waals surface area contributed by atoms with Crippen LogP contribution in [0.25, 0.3) is 11.0 Å². The molecule has 0 saturated carbocycles. The van der Waals surface area contributed by atoms with Crippen molar-refractivity contribution in [1.29, 1.82) is 5.26 Å². The summed E-state index contributed by atoms with van der Waals surface area (Å²) < 4.78 is 2.00. The van der Waals surface area contributed by atoms with Crippen molar-refractivity contribution in [1.82, 2.24) is 9.55 Å². The number of hydrogen-bond donors (Lipinski definition) is 0. The summed E-state index contributed by atoms with van der Waals surface area (Å²) in [4.78, 5) is 6.47. The van der Waals surface area contributed by atoms with Gasteiger partial charge < -0.3 is 9.47 Å². The summed E-state index contributed by atoms with van der Waals surface area (Å²) in [6, 6.07) is 8.55. The lowest BCUT2D eigenvalue weighted by molar-refractivity contribution is 0.631. The first-order valence-corrected chi connectivity index (χ1v) is 6.17. The molecule has 0 bridgehead atoms. The third-order valence-corrected chi connectivity index (χ3v) is 3.32. The van der Waals surface area contributed by atoms with Gasteiger partial charge in [0.25, 0.3) is 0 Å². The number of fused-ring (bicyclic) bond motifs is 1. The molecule has 0 fully saturated rings. The molecule has 1 aromatic carbocycles. The number of nitriles is 1. The van der Waals surface area contributed by atoms with Gasteiger partial charge in [0.15, 0.2) is 0 Å². The van der Waals surface area contributed by atoms with Crippen molar-refractivity contribution in [3.63, 3.8) is 0 Å². The Morgan fingerprint density at radius 3 is 2.94 bits per heavy atom. The lowest BCUT2D eigenvalue weighted by Crippen LogP contribution is -2.24. The zero-order valence-electron chi connectivity index (χ0n) is 11.1. The average molecular weight is 242 g/mol. The predicted molar refractivity (Wildman–Crippen MR) is 73.4 cm³/mol. The lowest BCUT2D eigenvalue weighted by atomic mass is 10.1. The molecule has 0 spiro atoms. The van der Waals surface area contributed by atoms with Gasteiger partial charge in [0, 0.05) is 26.3 Å². The van der Waals surface area contributed by atoms with E-state index in [0.29, 0.717) is 0 Å². The van der Waals surface area contributed by atoms with E-state index in [-0.39, 0.29) is 5.92 Å². The molecule has 0 N–H and O–H groups in total. The van der Waals surface area contributed by atoms with Crippen molar-refractivity contribution in [2.75, 3.05) is 18.5 Å². The van der Waals surface area contributed by atoms with E-state index in [4.69, 9.17) is 5.26 Å². The Morgan fingerprint density at radius 2 is 2.28 bits per heavy atom. The van der Waals surface area contributed by atoms with Crippen molar-refractivity contribution in [2.45, 2.75) is 13.3 Å². The maximum Gasteiger partial charge on any atom is 0.0955 e. The first kappa shape index (κ1) is 12.4. The van der Waals surface area contributed by atoms with E-state index in [9.17, 15) is 0 Å². The molecule has 0 radical (unpaired) electrons. The standard InChI is InChI=1S/C14H18N4/c1-4-11(8-15)9-17(2)12-5-6-14-13(7-12)16-10-18(14)3/h5-7,10-11H,4,9H2,1-3H3. The van der Waals surface area contributed by atoms with Gasteiger partial charge in [0.1, 0.15) is 0 Å². The summed E-state index contributed by atoms with van der Waals surface area (Å²) >= 11 is 0. The van der Waals surface area contributed by atoms with Crippen LogP contribution in [0.15, 0.2) is 24.5 Å². The molecule has 0 aliphatic carbocycles. The Bertz CT molecular complexity index is 579. The second-order valence-corrected chi connectivity index (χ2v) is 4.64. The zero-order chi connectivity index (χ0) is 13.1. The molecule has 1 unspecified atom stereocenters. The lowest BCUT2D eigenvalue weighted by Gasteiger charge is -2.21. The Kier molecular flexibility index (Phi) is 3.52. The first-order valence-electron chi connectivity index (χ1n) is 6.17. The van der Waals surface area contributed by atoms with Gasteiger partial charge in [0.05, 0.1) is 29.3 Å². The molecule has 94 valence electrons. The van der Waals surface area contributed by atoms with E-state index in [1.807, 2.05) is 31.9 Å². The van der Waals surface area contributed by atoms with E-state index in [1.54, 1.807) is 0 Å². The number of aromatic nitrogens is 2. The van der Waals surface area contributed by atoms with Gasteiger partial charge in [-0.15, -0.1) is 0 Å². The highest BCUT2D eigenvalue weighted by Gasteiger charge is 2.10.